The Morgan fingerprint density at radius 1 is 1.14 bits per heavy atom. The molecule has 0 saturated heterocycles. The Hall–Kier alpha value is -2.41. The van der Waals surface area contributed by atoms with Gasteiger partial charge >= 0.3 is 5.97 Å². The first-order valence-corrected chi connectivity index (χ1v) is 7.38. The van der Waals surface area contributed by atoms with Crippen LogP contribution >= 0.6 is 0 Å². The third-order valence-electron chi connectivity index (χ3n) is 2.68. The summed E-state index contributed by atoms with van der Waals surface area (Å²) < 4.78 is 44.6. The Kier molecular flexibility index (Phi) is 4.23. The maximum atomic E-state index is 13.5. The minimum absolute atomic E-state index is 0.229. The third kappa shape index (κ3) is 3.38. The van der Waals surface area contributed by atoms with Crippen LogP contribution in [0.2, 0.25) is 0 Å². The zero-order valence-electron chi connectivity index (χ0n) is 11.0. The van der Waals surface area contributed by atoms with Gasteiger partial charge < -0.3 is 4.74 Å². The SMILES string of the molecule is COC(=O)c1cc(S(=O)(=O)Nc2ccccc2)ccc1F. The molecule has 0 unspecified atom stereocenters. The van der Waals surface area contributed by atoms with Crippen molar-refractivity contribution in [1.82, 2.24) is 0 Å². The Labute approximate surface area is 121 Å². The number of hydrogen-bond acceptors (Lipinski definition) is 4. The van der Waals surface area contributed by atoms with Gasteiger partial charge in [0.15, 0.2) is 0 Å². The van der Waals surface area contributed by atoms with Gasteiger partial charge in [0.05, 0.1) is 17.6 Å². The number of carbonyl (C=O) groups is 1. The lowest BCUT2D eigenvalue weighted by Crippen LogP contribution is -2.14. The van der Waals surface area contributed by atoms with Crippen LogP contribution < -0.4 is 4.72 Å². The second-order valence-corrected chi connectivity index (χ2v) is 5.79. The van der Waals surface area contributed by atoms with E-state index in [1.54, 1.807) is 30.3 Å². The van der Waals surface area contributed by atoms with Crippen LogP contribution in [0.3, 0.4) is 0 Å². The van der Waals surface area contributed by atoms with Crippen LogP contribution in [-0.2, 0) is 14.8 Å². The summed E-state index contributed by atoms with van der Waals surface area (Å²) in [5, 5.41) is 0. The molecule has 0 aliphatic carbocycles. The number of esters is 1. The lowest BCUT2D eigenvalue weighted by Gasteiger charge is -2.09. The van der Waals surface area contributed by atoms with Crippen LogP contribution in [0, 0.1) is 5.82 Å². The van der Waals surface area contributed by atoms with Crippen LogP contribution in [0.25, 0.3) is 0 Å². The van der Waals surface area contributed by atoms with Crippen LogP contribution in [0.4, 0.5) is 10.1 Å². The first kappa shape index (κ1) is 15.0. The maximum absolute atomic E-state index is 13.5. The molecule has 5 nitrogen and oxygen atoms in total. The smallest absolute Gasteiger partial charge is 0.340 e. The van der Waals surface area contributed by atoms with Crippen LogP contribution in [0.5, 0.6) is 0 Å². The molecule has 2 aromatic rings. The van der Waals surface area contributed by atoms with E-state index in [-0.39, 0.29) is 4.90 Å². The lowest BCUT2D eigenvalue weighted by atomic mass is 10.2. The van der Waals surface area contributed by atoms with E-state index >= 15 is 0 Å². The minimum Gasteiger partial charge on any atom is -0.465 e. The number of rotatable bonds is 4. The highest BCUT2D eigenvalue weighted by Gasteiger charge is 2.19. The maximum Gasteiger partial charge on any atom is 0.340 e. The molecule has 0 fully saturated rings. The predicted molar refractivity (Wildman–Crippen MR) is 75.0 cm³/mol. The van der Waals surface area contributed by atoms with Crippen molar-refractivity contribution in [2.75, 3.05) is 11.8 Å². The van der Waals surface area contributed by atoms with Gasteiger partial charge in [-0.1, -0.05) is 18.2 Å². The molecule has 110 valence electrons. The number of benzene rings is 2. The normalized spacial score (nSPS) is 11.0. The van der Waals surface area contributed by atoms with Crippen molar-refractivity contribution in [1.29, 1.82) is 0 Å². The van der Waals surface area contributed by atoms with E-state index in [0.717, 1.165) is 25.3 Å². The second-order valence-electron chi connectivity index (χ2n) is 4.10. The molecule has 2 aromatic carbocycles. The second kappa shape index (κ2) is 5.92. The van der Waals surface area contributed by atoms with Gasteiger partial charge in [-0.05, 0) is 30.3 Å². The number of methoxy groups -OCH3 is 1. The summed E-state index contributed by atoms with van der Waals surface area (Å²) in [5.41, 5.74) is -0.0742. The van der Waals surface area contributed by atoms with Crippen LogP contribution in [0.15, 0.2) is 53.4 Å². The molecule has 0 aromatic heterocycles. The summed E-state index contributed by atoms with van der Waals surface area (Å²) >= 11 is 0. The molecule has 0 amide bonds. The number of ether oxygens (including phenoxy) is 1. The van der Waals surface area contributed by atoms with E-state index in [2.05, 4.69) is 9.46 Å². The topological polar surface area (TPSA) is 72.5 Å². The summed E-state index contributed by atoms with van der Waals surface area (Å²) in [5.74, 6) is -1.79. The number of hydrogen-bond donors (Lipinski definition) is 1. The Morgan fingerprint density at radius 2 is 1.81 bits per heavy atom. The molecular formula is C14H12FNO4S. The van der Waals surface area contributed by atoms with Gasteiger partial charge in [-0.25, -0.2) is 17.6 Å². The quantitative estimate of drug-likeness (QED) is 0.880. The first-order chi connectivity index (χ1) is 9.94. The molecule has 2 rings (SSSR count). The average molecular weight is 309 g/mol. The van der Waals surface area contributed by atoms with Gasteiger partial charge in [0.1, 0.15) is 5.82 Å². The molecule has 0 bridgehead atoms. The largest absolute Gasteiger partial charge is 0.465 e. The highest BCUT2D eigenvalue weighted by atomic mass is 32.2. The number of para-hydroxylation sites is 1. The van der Waals surface area contributed by atoms with Crippen molar-refractivity contribution < 1.29 is 22.3 Å². The first-order valence-electron chi connectivity index (χ1n) is 5.90. The van der Waals surface area contributed by atoms with Crippen molar-refractivity contribution >= 4 is 21.7 Å². The van der Waals surface area contributed by atoms with Crippen molar-refractivity contribution in [3.63, 3.8) is 0 Å². The molecule has 7 heteroatoms. The van der Waals surface area contributed by atoms with Gasteiger partial charge in [-0.2, -0.15) is 0 Å². The standard InChI is InChI=1S/C14H12FNO4S/c1-20-14(17)12-9-11(7-8-13(12)15)21(18,19)16-10-5-3-2-4-6-10/h2-9,16H,1H3. The third-order valence-corrected chi connectivity index (χ3v) is 4.06. The predicted octanol–water partition coefficient (Wildman–Crippen LogP) is 2.41. The summed E-state index contributed by atoms with van der Waals surface area (Å²) in [6.07, 6.45) is 0. The Balaban J connectivity index is 2.39. The highest BCUT2D eigenvalue weighted by molar-refractivity contribution is 7.92. The molecular weight excluding hydrogens is 297 g/mol. The van der Waals surface area contributed by atoms with Crippen molar-refractivity contribution in [3.8, 4) is 0 Å². The summed E-state index contributed by atoms with van der Waals surface area (Å²) in [7, 11) is -2.83. The molecule has 0 atom stereocenters. The molecule has 21 heavy (non-hydrogen) atoms. The van der Waals surface area contributed by atoms with E-state index < -0.39 is 27.4 Å². The number of sulfonamides is 1. The zero-order valence-corrected chi connectivity index (χ0v) is 11.9. The molecule has 0 aliphatic rings. The molecule has 0 aliphatic heterocycles. The molecule has 0 saturated carbocycles. The van der Waals surface area contributed by atoms with Crippen molar-refractivity contribution in [2.45, 2.75) is 4.90 Å². The monoisotopic (exact) mass is 309 g/mol. The zero-order chi connectivity index (χ0) is 15.5. The van der Waals surface area contributed by atoms with E-state index in [0.29, 0.717) is 5.69 Å². The van der Waals surface area contributed by atoms with E-state index in [9.17, 15) is 17.6 Å². The number of anilines is 1. The van der Waals surface area contributed by atoms with Gasteiger partial charge in [-0.3, -0.25) is 4.72 Å². The number of halogens is 1. The number of nitrogens with one attached hydrogen (secondary N) is 1. The van der Waals surface area contributed by atoms with E-state index in [4.69, 9.17) is 0 Å². The van der Waals surface area contributed by atoms with Crippen LogP contribution in [-0.4, -0.2) is 21.5 Å². The molecule has 0 spiro atoms. The summed E-state index contributed by atoms with van der Waals surface area (Å²) in [4.78, 5) is 11.2. The van der Waals surface area contributed by atoms with Gasteiger partial charge in [-0.15, -0.1) is 0 Å². The fourth-order valence-electron chi connectivity index (χ4n) is 1.66. The summed E-state index contributed by atoms with van der Waals surface area (Å²) in [6.45, 7) is 0. The Bertz CT molecular complexity index is 760. The van der Waals surface area contributed by atoms with Gasteiger partial charge in [0.2, 0.25) is 0 Å². The minimum atomic E-state index is -3.92. The fraction of sp³-hybridized carbons (Fsp3) is 0.0714. The van der Waals surface area contributed by atoms with Crippen LogP contribution in [0.1, 0.15) is 10.4 Å². The van der Waals surface area contributed by atoms with Gasteiger partial charge in [0, 0.05) is 5.69 Å². The van der Waals surface area contributed by atoms with Gasteiger partial charge in [0.25, 0.3) is 10.0 Å². The lowest BCUT2D eigenvalue weighted by molar-refractivity contribution is 0.0595. The fourth-order valence-corrected chi connectivity index (χ4v) is 2.74. The Morgan fingerprint density at radius 3 is 2.43 bits per heavy atom. The van der Waals surface area contributed by atoms with Crippen molar-refractivity contribution in [3.05, 3.63) is 59.9 Å². The van der Waals surface area contributed by atoms with E-state index in [1.165, 1.54) is 0 Å². The average Bonchev–Trinajstić information content (AvgIpc) is 2.47. The molecule has 0 radical (unpaired) electrons. The number of carbonyl (C=O) groups excluding carboxylic acids is 1. The molecule has 0 heterocycles. The summed E-state index contributed by atoms with van der Waals surface area (Å²) in [6, 6.07) is 11.1. The highest BCUT2D eigenvalue weighted by Crippen LogP contribution is 2.19. The van der Waals surface area contributed by atoms with Crippen molar-refractivity contribution in [2.24, 2.45) is 0 Å². The molecule has 1 N–H and O–H groups in total. The van der Waals surface area contributed by atoms with E-state index in [1.807, 2.05) is 0 Å².